The van der Waals surface area contributed by atoms with Crippen LogP contribution in [0.4, 0.5) is 14.5 Å². The Bertz CT molecular complexity index is 623. The van der Waals surface area contributed by atoms with E-state index in [1.807, 2.05) is 0 Å². The Morgan fingerprint density at radius 3 is 2.56 bits per heavy atom. The van der Waals surface area contributed by atoms with E-state index in [-0.39, 0.29) is 12.6 Å². The number of amides is 1. The highest BCUT2D eigenvalue weighted by Gasteiger charge is 2.40. The SMILES string of the molecule is O=C(COC(=O)C[C@@H]1C[C@H]2CC[C@@H]1C2)Nc1ccc(SC(F)F)cc1. The third-order valence-electron chi connectivity index (χ3n) is 5.04. The number of alkyl halides is 2. The van der Waals surface area contributed by atoms with Gasteiger partial charge >= 0.3 is 5.97 Å². The Kier molecular flexibility index (Phi) is 5.93. The first-order valence-electron chi connectivity index (χ1n) is 8.50. The largest absolute Gasteiger partial charge is 0.456 e. The van der Waals surface area contributed by atoms with E-state index in [1.165, 1.54) is 31.4 Å². The molecule has 2 aliphatic carbocycles. The van der Waals surface area contributed by atoms with Crippen molar-refractivity contribution in [3.63, 3.8) is 0 Å². The second-order valence-corrected chi connectivity index (χ2v) is 7.81. The molecule has 2 bridgehead atoms. The monoisotopic (exact) mass is 369 g/mol. The van der Waals surface area contributed by atoms with Crippen molar-refractivity contribution in [1.29, 1.82) is 0 Å². The minimum atomic E-state index is -2.48. The quantitative estimate of drug-likeness (QED) is 0.575. The van der Waals surface area contributed by atoms with Crippen molar-refractivity contribution in [2.75, 3.05) is 11.9 Å². The van der Waals surface area contributed by atoms with Crippen LogP contribution in [0.3, 0.4) is 0 Å². The Hall–Kier alpha value is -1.63. The van der Waals surface area contributed by atoms with E-state index >= 15 is 0 Å². The molecule has 3 rings (SSSR count). The second-order valence-electron chi connectivity index (χ2n) is 6.75. The topological polar surface area (TPSA) is 55.4 Å². The molecular weight excluding hydrogens is 348 g/mol. The molecule has 7 heteroatoms. The van der Waals surface area contributed by atoms with Crippen molar-refractivity contribution in [3.8, 4) is 0 Å². The molecule has 4 nitrogen and oxygen atoms in total. The van der Waals surface area contributed by atoms with E-state index in [1.54, 1.807) is 12.1 Å². The van der Waals surface area contributed by atoms with Crippen LogP contribution in [0.2, 0.25) is 0 Å². The Morgan fingerprint density at radius 2 is 1.96 bits per heavy atom. The first-order valence-corrected chi connectivity index (χ1v) is 9.38. The van der Waals surface area contributed by atoms with Crippen molar-refractivity contribution >= 4 is 29.3 Å². The molecule has 1 aromatic rings. The van der Waals surface area contributed by atoms with Gasteiger partial charge in [0.05, 0.1) is 0 Å². The predicted molar refractivity (Wildman–Crippen MR) is 91.4 cm³/mol. The summed E-state index contributed by atoms with van der Waals surface area (Å²) in [4.78, 5) is 24.2. The lowest BCUT2D eigenvalue weighted by Gasteiger charge is -2.20. The summed E-state index contributed by atoms with van der Waals surface area (Å²) in [6.45, 7) is -0.326. The van der Waals surface area contributed by atoms with Gasteiger partial charge in [-0.2, -0.15) is 8.78 Å². The second kappa shape index (κ2) is 8.17. The molecule has 136 valence electrons. The maximum Gasteiger partial charge on any atom is 0.306 e. The fraction of sp³-hybridized carbons (Fsp3) is 0.556. The highest BCUT2D eigenvalue weighted by atomic mass is 32.2. The summed E-state index contributed by atoms with van der Waals surface area (Å²) >= 11 is 0.445. The minimum Gasteiger partial charge on any atom is -0.456 e. The first-order chi connectivity index (χ1) is 12.0. The van der Waals surface area contributed by atoms with Gasteiger partial charge in [-0.25, -0.2) is 0 Å². The lowest BCUT2D eigenvalue weighted by molar-refractivity contribution is -0.148. The zero-order chi connectivity index (χ0) is 17.8. The molecule has 2 saturated carbocycles. The Morgan fingerprint density at radius 1 is 1.20 bits per heavy atom. The van der Waals surface area contributed by atoms with Crippen molar-refractivity contribution in [2.24, 2.45) is 17.8 Å². The molecule has 0 aromatic heterocycles. The number of nitrogens with one attached hydrogen (secondary N) is 1. The zero-order valence-electron chi connectivity index (χ0n) is 13.8. The first kappa shape index (κ1) is 18.2. The van der Waals surface area contributed by atoms with Crippen LogP contribution < -0.4 is 5.32 Å². The molecule has 3 atom stereocenters. The number of hydrogen-bond donors (Lipinski definition) is 1. The van der Waals surface area contributed by atoms with Gasteiger partial charge in [0.15, 0.2) is 6.61 Å². The van der Waals surface area contributed by atoms with Crippen LogP contribution >= 0.6 is 11.8 Å². The zero-order valence-corrected chi connectivity index (χ0v) is 14.6. The van der Waals surface area contributed by atoms with Gasteiger partial charge in [0.2, 0.25) is 0 Å². The van der Waals surface area contributed by atoms with Gasteiger partial charge in [-0.05, 0) is 61.3 Å². The van der Waals surface area contributed by atoms with Gasteiger partial charge in [-0.1, -0.05) is 18.2 Å². The van der Waals surface area contributed by atoms with Crippen LogP contribution in [0.5, 0.6) is 0 Å². The average molecular weight is 369 g/mol. The van der Waals surface area contributed by atoms with E-state index < -0.39 is 11.7 Å². The van der Waals surface area contributed by atoms with Crippen LogP contribution in [0.25, 0.3) is 0 Å². The van der Waals surface area contributed by atoms with E-state index in [0.29, 0.717) is 40.6 Å². The standard InChI is InChI=1S/C18H21F2NO3S/c19-18(20)25-15-5-3-14(4-6-15)21-16(22)10-24-17(23)9-13-8-11-1-2-12(13)7-11/h3-6,11-13,18H,1-2,7-10H2,(H,21,22)/t11-,12+,13-/m0/s1. The fourth-order valence-corrected chi connectivity index (χ4v) is 4.46. The number of hydrogen-bond acceptors (Lipinski definition) is 4. The summed E-state index contributed by atoms with van der Waals surface area (Å²) in [6, 6.07) is 6.10. The summed E-state index contributed by atoms with van der Waals surface area (Å²) < 4.78 is 29.6. The van der Waals surface area contributed by atoms with Crippen molar-refractivity contribution in [1.82, 2.24) is 0 Å². The molecule has 2 fully saturated rings. The number of carbonyl (C=O) groups excluding carboxylic acids is 2. The lowest BCUT2D eigenvalue weighted by Crippen LogP contribution is -2.23. The van der Waals surface area contributed by atoms with Crippen molar-refractivity contribution < 1.29 is 23.1 Å². The molecule has 0 unspecified atom stereocenters. The summed E-state index contributed by atoms with van der Waals surface area (Å²) in [5.74, 6) is -1.40. The number of ether oxygens (including phenoxy) is 1. The summed E-state index contributed by atoms with van der Waals surface area (Å²) in [6.07, 6.45) is 5.23. The molecular formula is C18H21F2NO3S. The van der Waals surface area contributed by atoms with Gasteiger partial charge in [0, 0.05) is 17.0 Å². The number of esters is 1. The fourth-order valence-electron chi connectivity index (χ4n) is 3.96. The molecule has 0 radical (unpaired) electrons. The molecule has 1 amide bonds. The summed E-state index contributed by atoms with van der Waals surface area (Å²) in [5, 5.41) is 2.59. The maximum atomic E-state index is 12.2. The normalized spacial score (nSPS) is 24.5. The van der Waals surface area contributed by atoms with E-state index in [9.17, 15) is 18.4 Å². The average Bonchev–Trinajstić information content (AvgIpc) is 3.17. The van der Waals surface area contributed by atoms with Crippen molar-refractivity contribution in [3.05, 3.63) is 24.3 Å². The van der Waals surface area contributed by atoms with Crippen LogP contribution in [0.15, 0.2) is 29.2 Å². The molecule has 1 N–H and O–H groups in total. The van der Waals surface area contributed by atoms with E-state index in [0.717, 1.165) is 12.3 Å². The number of fused-ring (bicyclic) bond motifs is 2. The number of halogens is 2. The predicted octanol–water partition coefficient (Wildman–Crippen LogP) is 4.31. The third-order valence-corrected chi connectivity index (χ3v) is 5.76. The number of anilines is 1. The highest BCUT2D eigenvalue weighted by Crippen LogP contribution is 2.49. The molecule has 0 spiro atoms. The number of benzene rings is 1. The van der Waals surface area contributed by atoms with Gasteiger partial charge in [-0.3, -0.25) is 9.59 Å². The van der Waals surface area contributed by atoms with Crippen molar-refractivity contribution in [2.45, 2.75) is 42.8 Å². The highest BCUT2D eigenvalue weighted by molar-refractivity contribution is 7.99. The van der Waals surface area contributed by atoms with Gasteiger partial charge in [0.25, 0.3) is 11.7 Å². The summed E-state index contributed by atoms with van der Waals surface area (Å²) in [5.41, 5.74) is 0.479. The Labute approximate surface area is 149 Å². The van der Waals surface area contributed by atoms with Crippen LogP contribution in [0, 0.1) is 17.8 Å². The lowest BCUT2D eigenvalue weighted by atomic mass is 9.86. The Balaban J connectivity index is 1.38. The van der Waals surface area contributed by atoms with Crippen LogP contribution in [0.1, 0.15) is 32.1 Å². The molecule has 1 aromatic carbocycles. The van der Waals surface area contributed by atoms with Gasteiger partial charge in [0.1, 0.15) is 0 Å². The van der Waals surface area contributed by atoms with Crippen LogP contribution in [-0.4, -0.2) is 24.2 Å². The van der Waals surface area contributed by atoms with Gasteiger partial charge < -0.3 is 10.1 Å². The smallest absolute Gasteiger partial charge is 0.306 e. The molecule has 2 aliphatic rings. The number of rotatable bonds is 7. The maximum absolute atomic E-state index is 12.2. The van der Waals surface area contributed by atoms with Crippen LogP contribution in [-0.2, 0) is 14.3 Å². The minimum absolute atomic E-state index is 0.323. The molecule has 0 heterocycles. The van der Waals surface area contributed by atoms with E-state index in [2.05, 4.69) is 5.32 Å². The third kappa shape index (κ3) is 5.17. The number of carbonyl (C=O) groups is 2. The van der Waals surface area contributed by atoms with E-state index in [4.69, 9.17) is 4.74 Å². The molecule has 0 saturated heterocycles. The number of thioether (sulfide) groups is 1. The molecule has 0 aliphatic heterocycles. The van der Waals surface area contributed by atoms with Gasteiger partial charge in [-0.15, -0.1) is 0 Å². The molecule has 25 heavy (non-hydrogen) atoms. The summed E-state index contributed by atoms with van der Waals surface area (Å²) in [7, 11) is 0.